The highest BCUT2D eigenvalue weighted by Gasteiger charge is 2.33. The number of likely N-dealkylation sites (tertiary alicyclic amines) is 1. The molecule has 1 aliphatic carbocycles. The quantitative estimate of drug-likeness (QED) is 0.913. The largest absolute Gasteiger partial charge is 0.327 e. The molecule has 4 heteroatoms. The first kappa shape index (κ1) is 12.6. The molecule has 1 aliphatic heterocycles. The van der Waals surface area contributed by atoms with Crippen molar-refractivity contribution in [2.24, 2.45) is 11.1 Å². The van der Waals surface area contributed by atoms with Crippen LogP contribution in [0.5, 0.6) is 0 Å². The molecular weight excluding hydrogens is 242 g/mol. The number of nitrogens with two attached hydrogens (primary N) is 1. The molecule has 0 spiro atoms. The predicted molar refractivity (Wildman–Crippen MR) is 75.7 cm³/mol. The summed E-state index contributed by atoms with van der Waals surface area (Å²) in [6.07, 6.45) is 3.80. The number of thiazole rings is 1. The third kappa shape index (κ3) is 2.60. The lowest BCUT2D eigenvalue weighted by Gasteiger charge is -2.42. The van der Waals surface area contributed by atoms with Crippen LogP contribution in [-0.4, -0.2) is 29.0 Å². The molecule has 0 amide bonds. The minimum Gasteiger partial charge on any atom is -0.327 e. The number of hydrogen-bond donors (Lipinski definition) is 1. The third-order valence-corrected chi connectivity index (χ3v) is 5.33. The summed E-state index contributed by atoms with van der Waals surface area (Å²) in [5.74, 6) is 0.787. The third-order valence-electron chi connectivity index (χ3n) is 4.27. The SMILES string of the molecule is CC1(C)CN(Cc2csc(C3CC3)n2)CCC1N. The zero-order valence-corrected chi connectivity index (χ0v) is 12.2. The van der Waals surface area contributed by atoms with Gasteiger partial charge in [-0.15, -0.1) is 11.3 Å². The summed E-state index contributed by atoms with van der Waals surface area (Å²) >= 11 is 1.85. The molecule has 1 saturated heterocycles. The second-order valence-electron chi connectivity index (χ2n) is 6.55. The van der Waals surface area contributed by atoms with Gasteiger partial charge in [0.2, 0.25) is 0 Å². The van der Waals surface area contributed by atoms with Crippen LogP contribution in [0.15, 0.2) is 5.38 Å². The van der Waals surface area contributed by atoms with Crippen molar-refractivity contribution in [1.82, 2.24) is 9.88 Å². The van der Waals surface area contributed by atoms with E-state index in [2.05, 4.69) is 24.1 Å². The smallest absolute Gasteiger partial charge is 0.0959 e. The minimum atomic E-state index is 0.230. The standard InChI is InChI=1S/C14H23N3S/c1-14(2)9-17(6-5-12(14)15)7-11-8-18-13(16-11)10-3-4-10/h8,10,12H,3-7,9,15H2,1-2H3. The lowest BCUT2D eigenvalue weighted by Crippen LogP contribution is -2.52. The molecule has 3 rings (SSSR count). The van der Waals surface area contributed by atoms with Crippen molar-refractivity contribution in [3.63, 3.8) is 0 Å². The van der Waals surface area contributed by atoms with Gasteiger partial charge in [0.1, 0.15) is 0 Å². The Morgan fingerprint density at radius 2 is 2.22 bits per heavy atom. The van der Waals surface area contributed by atoms with Crippen molar-refractivity contribution in [2.75, 3.05) is 13.1 Å². The molecule has 1 atom stereocenters. The van der Waals surface area contributed by atoms with Gasteiger partial charge < -0.3 is 5.73 Å². The summed E-state index contributed by atoms with van der Waals surface area (Å²) in [5, 5.41) is 3.60. The average molecular weight is 265 g/mol. The Morgan fingerprint density at radius 1 is 1.44 bits per heavy atom. The number of aromatic nitrogens is 1. The van der Waals surface area contributed by atoms with E-state index in [4.69, 9.17) is 10.7 Å². The molecule has 2 heterocycles. The Labute approximate surface area is 113 Å². The van der Waals surface area contributed by atoms with Crippen LogP contribution < -0.4 is 5.73 Å². The van der Waals surface area contributed by atoms with Gasteiger partial charge in [-0.3, -0.25) is 4.90 Å². The van der Waals surface area contributed by atoms with Crippen molar-refractivity contribution in [3.05, 3.63) is 16.1 Å². The molecule has 0 aromatic carbocycles. The van der Waals surface area contributed by atoms with Crippen molar-refractivity contribution >= 4 is 11.3 Å². The molecule has 1 saturated carbocycles. The lowest BCUT2D eigenvalue weighted by atomic mass is 9.80. The van der Waals surface area contributed by atoms with Gasteiger partial charge in [-0.25, -0.2) is 4.98 Å². The van der Waals surface area contributed by atoms with Crippen LogP contribution >= 0.6 is 11.3 Å². The van der Waals surface area contributed by atoms with Crippen molar-refractivity contribution in [2.45, 2.75) is 51.6 Å². The molecule has 1 aromatic heterocycles. The maximum atomic E-state index is 6.18. The maximum absolute atomic E-state index is 6.18. The molecule has 3 nitrogen and oxygen atoms in total. The van der Waals surface area contributed by atoms with E-state index in [0.29, 0.717) is 6.04 Å². The zero-order valence-electron chi connectivity index (χ0n) is 11.4. The first-order valence-electron chi connectivity index (χ1n) is 6.97. The first-order valence-corrected chi connectivity index (χ1v) is 7.85. The summed E-state index contributed by atoms with van der Waals surface area (Å²) < 4.78 is 0. The number of piperidine rings is 1. The van der Waals surface area contributed by atoms with Crippen LogP contribution in [0.25, 0.3) is 0 Å². The normalized spacial score (nSPS) is 28.5. The fraction of sp³-hybridized carbons (Fsp3) is 0.786. The van der Waals surface area contributed by atoms with E-state index in [0.717, 1.165) is 32.0 Å². The predicted octanol–water partition coefficient (Wildman–Crippen LogP) is 2.58. The highest BCUT2D eigenvalue weighted by molar-refractivity contribution is 7.09. The molecule has 100 valence electrons. The fourth-order valence-electron chi connectivity index (χ4n) is 2.76. The van der Waals surface area contributed by atoms with Crippen LogP contribution in [-0.2, 0) is 6.54 Å². The van der Waals surface area contributed by atoms with Gasteiger partial charge in [-0.05, 0) is 24.7 Å². The van der Waals surface area contributed by atoms with E-state index >= 15 is 0 Å². The summed E-state index contributed by atoms with van der Waals surface area (Å²) in [7, 11) is 0. The van der Waals surface area contributed by atoms with Gasteiger partial charge >= 0.3 is 0 Å². The lowest BCUT2D eigenvalue weighted by molar-refractivity contribution is 0.0890. The monoisotopic (exact) mass is 265 g/mol. The molecule has 1 unspecified atom stereocenters. The van der Waals surface area contributed by atoms with Gasteiger partial charge in [-0.2, -0.15) is 0 Å². The zero-order chi connectivity index (χ0) is 12.8. The van der Waals surface area contributed by atoms with Gasteiger partial charge in [0.25, 0.3) is 0 Å². The number of hydrogen-bond acceptors (Lipinski definition) is 4. The minimum absolute atomic E-state index is 0.230. The van der Waals surface area contributed by atoms with E-state index in [1.54, 1.807) is 0 Å². The summed E-state index contributed by atoms with van der Waals surface area (Å²) in [6.45, 7) is 7.76. The molecule has 18 heavy (non-hydrogen) atoms. The number of rotatable bonds is 3. The second kappa shape index (κ2) is 4.58. The van der Waals surface area contributed by atoms with E-state index in [1.165, 1.54) is 23.5 Å². The molecule has 2 fully saturated rings. The Bertz CT molecular complexity index is 422. The summed E-state index contributed by atoms with van der Waals surface area (Å²) in [4.78, 5) is 7.29. The van der Waals surface area contributed by atoms with Gasteiger partial charge in [-0.1, -0.05) is 13.8 Å². The van der Waals surface area contributed by atoms with Crippen LogP contribution in [0, 0.1) is 5.41 Å². The highest BCUT2D eigenvalue weighted by atomic mass is 32.1. The summed E-state index contributed by atoms with van der Waals surface area (Å²) in [6, 6.07) is 0.339. The molecule has 1 aromatic rings. The first-order chi connectivity index (χ1) is 8.54. The van der Waals surface area contributed by atoms with E-state index in [-0.39, 0.29) is 5.41 Å². The average Bonchev–Trinajstić information content (AvgIpc) is 3.05. The van der Waals surface area contributed by atoms with Crippen molar-refractivity contribution in [1.29, 1.82) is 0 Å². The summed E-state index contributed by atoms with van der Waals surface area (Å²) in [5.41, 5.74) is 7.67. The van der Waals surface area contributed by atoms with Crippen molar-refractivity contribution < 1.29 is 0 Å². The van der Waals surface area contributed by atoms with E-state index in [9.17, 15) is 0 Å². The Kier molecular flexibility index (Phi) is 3.20. The van der Waals surface area contributed by atoms with Crippen molar-refractivity contribution in [3.8, 4) is 0 Å². The van der Waals surface area contributed by atoms with E-state index < -0.39 is 0 Å². The second-order valence-corrected chi connectivity index (χ2v) is 7.44. The number of nitrogens with zero attached hydrogens (tertiary/aromatic N) is 2. The highest BCUT2D eigenvalue weighted by Crippen LogP contribution is 2.41. The van der Waals surface area contributed by atoms with Crippen LogP contribution in [0.3, 0.4) is 0 Å². The molecule has 2 aliphatic rings. The fourth-order valence-corrected chi connectivity index (χ4v) is 3.74. The van der Waals surface area contributed by atoms with E-state index in [1.807, 2.05) is 11.3 Å². The van der Waals surface area contributed by atoms with Crippen LogP contribution in [0.4, 0.5) is 0 Å². The Balaban J connectivity index is 1.61. The molecule has 0 radical (unpaired) electrons. The molecular formula is C14H23N3S. The van der Waals surface area contributed by atoms with Gasteiger partial charge in [0.05, 0.1) is 10.7 Å². The molecule has 2 N–H and O–H groups in total. The Morgan fingerprint density at radius 3 is 2.89 bits per heavy atom. The van der Waals surface area contributed by atoms with Crippen LogP contribution in [0.1, 0.15) is 49.7 Å². The topological polar surface area (TPSA) is 42.2 Å². The van der Waals surface area contributed by atoms with Crippen LogP contribution in [0.2, 0.25) is 0 Å². The van der Waals surface area contributed by atoms with Gasteiger partial charge in [0, 0.05) is 37.0 Å². The molecule has 0 bridgehead atoms. The van der Waals surface area contributed by atoms with Gasteiger partial charge in [0.15, 0.2) is 0 Å². The maximum Gasteiger partial charge on any atom is 0.0959 e. The Hall–Kier alpha value is -0.450.